The maximum atomic E-state index is 11.9. The van der Waals surface area contributed by atoms with Gasteiger partial charge in [0.15, 0.2) is 0 Å². The lowest BCUT2D eigenvalue weighted by molar-refractivity contribution is -0.120. The Balaban J connectivity index is 1.79. The molecular formula is C18H20N2O3. The summed E-state index contributed by atoms with van der Waals surface area (Å²) in [6.07, 6.45) is 0. The fraction of sp³-hybridized carbons (Fsp3) is 0.222. The molecule has 120 valence electrons. The first kappa shape index (κ1) is 16.5. The van der Waals surface area contributed by atoms with Crippen LogP contribution in [0.5, 0.6) is 5.75 Å². The average Bonchev–Trinajstić information content (AvgIpc) is 2.59. The Morgan fingerprint density at radius 3 is 2.35 bits per heavy atom. The number of hydrogen-bond donors (Lipinski definition) is 2. The van der Waals surface area contributed by atoms with Crippen LogP contribution in [-0.4, -0.2) is 25.5 Å². The predicted octanol–water partition coefficient (Wildman–Crippen LogP) is 2.05. The highest BCUT2D eigenvalue weighted by atomic mass is 16.5. The molecule has 2 aromatic rings. The highest BCUT2D eigenvalue weighted by Crippen LogP contribution is 2.11. The number of ether oxygens (including phenoxy) is 1. The van der Waals surface area contributed by atoms with Gasteiger partial charge in [0.2, 0.25) is 5.91 Å². The van der Waals surface area contributed by atoms with Crippen molar-refractivity contribution < 1.29 is 14.3 Å². The maximum Gasteiger partial charge on any atom is 0.251 e. The number of rotatable bonds is 6. The molecule has 0 saturated heterocycles. The Morgan fingerprint density at radius 1 is 1.00 bits per heavy atom. The van der Waals surface area contributed by atoms with E-state index >= 15 is 0 Å². The lowest BCUT2D eigenvalue weighted by atomic mass is 10.1. The van der Waals surface area contributed by atoms with Gasteiger partial charge in [0.25, 0.3) is 5.91 Å². The molecule has 2 aromatic carbocycles. The van der Waals surface area contributed by atoms with E-state index in [2.05, 4.69) is 10.6 Å². The Labute approximate surface area is 135 Å². The summed E-state index contributed by atoms with van der Waals surface area (Å²) in [7, 11) is 1.56. The number of benzene rings is 2. The van der Waals surface area contributed by atoms with Crippen LogP contribution in [0.2, 0.25) is 0 Å². The fourth-order valence-electron chi connectivity index (χ4n) is 2.07. The smallest absolute Gasteiger partial charge is 0.251 e. The Morgan fingerprint density at radius 2 is 1.70 bits per heavy atom. The van der Waals surface area contributed by atoms with Crippen LogP contribution in [0.15, 0.2) is 48.5 Å². The standard InChI is InChI=1S/C18H20N2O3/c1-13-5-3-4-6-15(13)11-19-17(21)12-20-18(22)14-7-9-16(23-2)10-8-14/h3-10H,11-12H2,1-2H3,(H,19,21)(H,20,22). The van der Waals surface area contributed by atoms with Crippen molar-refractivity contribution in [1.82, 2.24) is 10.6 Å². The van der Waals surface area contributed by atoms with E-state index in [1.165, 1.54) is 0 Å². The zero-order valence-corrected chi connectivity index (χ0v) is 13.3. The molecule has 0 aliphatic heterocycles. The van der Waals surface area contributed by atoms with Gasteiger partial charge in [-0.1, -0.05) is 24.3 Å². The number of hydrogen-bond acceptors (Lipinski definition) is 3. The van der Waals surface area contributed by atoms with Crippen LogP contribution in [0, 0.1) is 6.92 Å². The molecule has 5 heteroatoms. The SMILES string of the molecule is COc1ccc(C(=O)NCC(=O)NCc2ccccc2C)cc1. The van der Waals surface area contributed by atoms with Gasteiger partial charge in [0.05, 0.1) is 13.7 Å². The first-order valence-electron chi connectivity index (χ1n) is 7.33. The van der Waals surface area contributed by atoms with Gasteiger partial charge < -0.3 is 15.4 Å². The Kier molecular flexibility index (Phi) is 5.74. The monoisotopic (exact) mass is 312 g/mol. The first-order chi connectivity index (χ1) is 11.1. The molecule has 2 amide bonds. The molecule has 0 radical (unpaired) electrons. The molecule has 0 unspecified atom stereocenters. The molecule has 0 aliphatic rings. The summed E-state index contributed by atoms with van der Waals surface area (Å²) < 4.78 is 5.03. The first-order valence-corrected chi connectivity index (χ1v) is 7.33. The number of amides is 2. The van der Waals surface area contributed by atoms with Crippen LogP contribution in [0.4, 0.5) is 0 Å². The van der Waals surface area contributed by atoms with Crippen molar-refractivity contribution in [2.24, 2.45) is 0 Å². The molecule has 23 heavy (non-hydrogen) atoms. The van der Waals surface area contributed by atoms with Crippen LogP contribution in [0.3, 0.4) is 0 Å². The Hall–Kier alpha value is -2.82. The normalized spacial score (nSPS) is 10.0. The minimum Gasteiger partial charge on any atom is -0.497 e. The third-order valence-corrected chi connectivity index (χ3v) is 3.50. The third kappa shape index (κ3) is 4.85. The fourth-order valence-corrected chi connectivity index (χ4v) is 2.07. The van der Waals surface area contributed by atoms with Gasteiger partial charge >= 0.3 is 0 Å². The third-order valence-electron chi connectivity index (χ3n) is 3.50. The van der Waals surface area contributed by atoms with E-state index in [0.717, 1.165) is 11.1 Å². The van der Waals surface area contributed by atoms with Gasteiger partial charge in [0.1, 0.15) is 5.75 Å². The second-order valence-electron chi connectivity index (χ2n) is 5.11. The van der Waals surface area contributed by atoms with E-state index in [1.54, 1.807) is 31.4 Å². The van der Waals surface area contributed by atoms with Crippen LogP contribution >= 0.6 is 0 Å². The van der Waals surface area contributed by atoms with Gasteiger partial charge in [-0.3, -0.25) is 9.59 Å². The summed E-state index contributed by atoms with van der Waals surface area (Å²) in [4.78, 5) is 23.8. The molecule has 0 heterocycles. The van der Waals surface area contributed by atoms with E-state index in [9.17, 15) is 9.59 Å². The lowest BCUT2D eigenvalue weighted by Gasteiger charge is -2.09. The molecule has 0 bridgehead atoms. The quantitative estimate of drug-likeness (QED) is 0.858. The van der Waals surface area contributed by atoms with Crippen molar-refractivity contribution >= 4 is 11.8 Å². The van der Waals surface area contributed by atoms with Crippen molar-refractivity contribution in [2.45, 2.75) is 13.5 Å². The molecule has 0 atom stereocenters. The largest absolute Gasteiger partial charge is 0.497 e. The van der Waals surface area contributed by atoms with Crippen LogP contribution in [0.1, 0.15) is 21.5 Å². The molecule has 0 aliphatic carbocycles. The van der Waals surface area contributed by atoms with Gasteiger partial charge in [-0.2, -0.15) is 0 Å². The topological polar surface area (TPSA) is 67.4 Å². The summed E-state index contributed by atoms with van der Waals surface area (Å²) in [5.74, 6) is 0.159. The number of carbonyl (C=O) groups is 2. The van der Waals surface area contributed by atoms with Crippen molar-refractivity contribution in [2.75, 3.05) is 13.7 Å². The minimum atomic E-state index is -0.293. The van der Waals surface area contributed by atoms with Crippen molar-refractivity contribution in [3.8, 4) is 5.75 Å². The molecule has 0 saturated carbocycles. The Bertz CT molecular complexity index is 681. The van der Waals surface area contributed by atoms with Crippen molar-refractivity contribution in [1.29, 1.82) is 0 Å². The highest BCUT2D eigenvalue weighted by Gasteiger charge is 2.08. The zero-order valence-electron chi connectivity index (χ0n) is 13.3. The number of carbonyl (C=O) groups excluding carboxylic acids is 2. The second-order valence-corrected chi connectivity index (χ2v) is 5.11. The minimum absolute atomic E-state index is 0.0588. The summed E-state index contributed by atoms with van der Waals surface area (Å²) >= 11 is 0. The molecule has 0 fully saturated rings. The van der Waals surface area contributed by atoms with E-state index in [0.29, 0.717) is 17.9 Å². The van der Waals surface area contributed by atoms with E-state index in [-0.39, 0.29) is 18.4 Å². The van der Waals surface area contributed by atoms with Gasteiger partial charge in [-0.05, 0) is 42.3 Å². The van der Waals surface area contributed by atoms with Gasteiger partial charge in [0, 0.05) is 12.1 Å². The molecule has 0 aromatic heterocycles. The zero-order chi connectivity index (χ0) is 16.7. The van der Waals surface area contributed by atoms with Crippen molar-refractivity contribution in [3.05, 3.63) is 65.2 Å². The molecule has 2 rings (SSSR count). The number of methoxy groups -OCH3 is 1. The predicted molar refractivity (Wildman–Crippen MR) is 88.4 cm³/mol. The lowest BCUT2D eigenvalue weighted by Crippen LogP contribution is -2.36. The van der Waals surface area contributed by atoms with E-state index in [4.69, 9.17) is 4.74 Å². The van der Waals surface area contributed by atoms with E-state index < -0.39 is 0 Å². The summed E-state index contributed by atoms with van der Waals surface area (Å²) in [6, 6.07) is 14.5. The summed E-state index contributed by atoms with van der Waals surface area (Å²) in [6.45, 7) is 2.38. The van der Waals surface area contributed by atoms with Crippen molar-refractivity contribution in [3.63, 3.8) is 0 Å². The average molecular weight is 312 g/mol. The van der Waals surface area contributed by atoms with Crippen LogP contribution in [-0.2, 0) is 11.3 Å². The van der Waals surface area contributed by atoms with Gasteiger partial charge in [-0.25, -0.2) is 0 Å². The molecule has 2 N–H and O–H groups in total. The summed E-state index contributed by atoms with van der Waals surface area (Å²) in [5.41, 5.74) is 2.66. The van der Waals surface area contributed by atoms with Gasteiger partial charge in [-0.15, -0.1) is 0 Å². The highest BCUT2D eigenvalue weighted by molar-refractivity contribution is 5.96. The molecule has 5 nitrogen and oxygen atoms in total. The maximum absolute atomic E-state index is 11.9. The summed E-state index contributed by atoms with van der Waals surface area (Å²) in [5, 5.41) is 5.39. The number of aryl methyl sites for hydroxylation is 1. The van der Waals surface area contributed by atoms with Crippen LogP contribution < -0.4 is 15.4 Å². The molecular weight excluding hydrogens is 292 g/mol. The number of nitrogens with one attached hydrogen (secondary N) is 2. The molecule has 0 spiro atoms. The van der Waals surface area contributed by atoms with Crippen LogP contribution in [0.25, 0.3) is 0 Å². The second kappa shape index (κ2) is 7.98. The van der Waals surface area contributed by atoms with E-state index in [1.807, 2.05) is 31.2 Å².